The predicted octanol–water partition coefficient (Wildman–Crippen LogP) is 0.822. The van der Waals surface area contributed by atoms with Crippen molar-refractivity contribution in [3.05, 3.63) is 0 Å². The Bertz CT molecular complexity index is 56.9. The Morgan fingerprint density at radius 2 is 1.67 bits per heavy atom. The Labute approximate surface area is 67.1 Å². The van der Waals surface area contributed by atoms with Crippen LogP contribution in [0.4, 0.5) is 0 Å². The molecule has 0 radical (unpaired) electrons. The standard InChI is InChI=1S/C3H5Br.C2H8O2Si/c4-3-1-2-3;1-3-5-4-2/h3H,1-2H2;5H2,1-2H3. The highest BCUT2D eigenvalue weighted by atomic mass is 79.9. The monoisotopic (exact) mass is 212 g/mol. The molecule has 1 rings (SSSR count). The molecule has 0 saturated heterocycles. The van der Waals surface area contributed by atoms with Crippen molar-refractivity contribution in [2.24, 2.45) is 0 Å². The fraction of sp³-hybridized carbons (Fsp3) is 1.00. The van der Waals surface area contributed by atoms with Gasteiger partial charge in [0.25, 0.3) is 0 Å². The molecule has 0 N–H and O–H groups in total. The van der Waals surface area contributed by atoms with Gasteiger partial charge < -0.3 is 8.85 Å². The molecular weight excluding hydrogens is 200 g/mol. The largest absolute Gasteiger partial charge is 0.402 e. The van der Waals surface area contributed by atoms with E-state index in [0.29, 0.717) is 0 Å². The van der Waals surface area contributed by atoms with Gasteiger partial charge in [-0.05, 0) is 12.8 Å². The van der Waals surface area contributed by atoms with Gasteiger partial charge in [0, 0.05) is 19.0 Å². The first-order valence-corrected chi connectivity index (χ1v) is 5.00. The van der Waals surface area contributed by atoms with Gasteiger partial charge >= 0.3 is 10.0 Å². The van der Waals surface area contributed by atoms with E-state index in [4.69, 9.17) is 0 Å². The van der Waals surface area contributed by atoms with E-state index in [-0.39, 0.29) is 0 Å². The van der Waals surface area contributed by atoms with Gasteiger partial charge in [0.2, 0.25) is 0 Å². The van der Waals surface area contributed by atoms with Crippen LogP contribution in [0.3, 0.4) is 0 Å². The zero-order valence-corrected chi connectivity index (χ0v) is 8.89. The minimum Gasteiger partial charge on any atom is -0.402 e. The van der Waals surface area contributed by atoms with Crippen LogP contribution in [-0.4, -0.2) is 29.1 Å². The molecule has 0 aliphatic heterocycles. The van der Waals surface area contributed by atoms with Crippen molar-refractivity contribution < 1.29 is 8.85 Å². The van der Waals surface area contributed by atoms with Gasteiger partial charge in [0.15, 0.2) is 0 Å². The molecule has 2 nitrogen and oxygen atoms in total. The van der Waals surface area contributed by atoms with Crippen LogP contribution in [0.15, 0.2) is 0 Å². The smallest absolute Gasteiger partial charge is 0.303 e. The first-order valence-electron chi connectivity index (χ1n) is 2.93. The Balaban J connectivity index is 0.000000144. The third kappa shape index (κ3) is 12.0. The highest BCUT2D eigenvalue weighted by molar-refractivity contribution is 9.09. The summed E-state index contributed by atoms with van der Waals surface area (Å²) < 4.78 is 9.22. The van der Waals surface area contributed by atoms with Crippen molar-refractivity contribution in [2.45, 2.75) is 17.7 Å². The van der Waals surface area contributed by atoms with Crippen molar-refractivity contribution in [2.75, 3.05) is 14.2 Å². The van der Waals surface area contributed by atoms with E-state index in [1.807, 2.05) is 0 Å². The minimum absolute atomic E-state index is 0.568. The summed E-state index contributed by atoms with van der Waals surface area (Å²) in [4.78, 5) is 0.896. The maximum atomic E-state index is 4.61. The van der Waals surface area contributed by atoms with E-state index in [2.05, 4.69) is 24.8 Å². The number of hydrogen-bond acceptors (Lipinski definition) is 2. The molecule has 1 fully saturated rings. The van der Waals surface area contributed by atoms with Crippen molar-refractivity contribution in [1.82, 2.24) is 0 Å². The molecule has 9 heavy (non-hydrogen) atoms. The summed E-state index contributed by atoms with van der Waals surface area (Å²) in [6.45, 7) is 0. The normalized spacial score (nSPS) is 16.3. The Morgan fingerprint density at radius 1 is 1.33 bits per heavy atom. The molecule has 56 valence electrons. The highest BCUT2D eigenvalue weighted by Crippen LogP contribution is 2.27. The van der Waals surface area contributed by atoms with E-state index in [9.17, 15) is 0 Å². The maximum absolute atomic E-state index is 4.61. The van der Waals surface area contributed by atoms with E-state index >= 15 is 0 Å². The second-order valence-electron chi connectivity index (χ2n) is 1.87. The quantitative estimate of drug-likeness (QED) is 0.499. The van der Waals surface area contributed by atoms with Gasteiger partial charge in [0.05, 0.1) is 0 Å². The first kappa shape index (κ1) is 9.62. The molecule has 1 aliphatic rings. The molecule has 0 aromatic carbocycles. The lowest BCUT2D eigenvalue weighted by atomic mass is 11.0. The molecule has 4 heteroatoms. The summed E-state index contributed by atoms with van der Waals surface area (Å²) in [7, 11) is 2.73. The summed E-state index contributed by atoms with van der Waals surface area (Å²) in [6.07, 6.45) is 2.81. The summed E-state index contributed by atoms with van der Waals surface area (Å²) in [6, 6.07) is 0. The average Bonchev–Trinajstić information content (AvgIpc) is 2.55. The van der Waals surface area contributed by atoms with Crippen molar-refractivity contribution in [3.63, 3.8) is 0 Å². The fourth-order valence-corrected chi connectivity index (χ4v) is 0.681. The predicted molar refractivity (Wildman–Crippen MR) is 44.5 cm³/mol. The molecule has 0 amide bonds. The lowest BCUT2D eigenvalue weighted by molar-refractivity contribution is 0.309. The molecule has 1 aliphatic carbocycles. The van der Waals surface area contributed by atoms with Gasteiger partial charge in [-0.1, -0.05) is 15.9 Å². The van der Waals surface area contributed by atoms with Crippen LogP contribution in [0.5, 0.6) is 0 Å². The number of halogens is 1. The molecule has 0 heterocycles. The molecule has 0 atom stereocenters. The Kier molecular flexibility index (Phi) is 7.19. The van der Waals surface area contributed by atoms with Crippen LogP contribution < -0.4 is 0 Å². The number of hydrogen-bond donors (Lipinski definition) is 0. The van der Waals surface area contributed by atoms with Crippen LogP contribution in [-0.2, 0) is 8.85 Å². The molecule has 0 bridgehead atoms. The van der Waals surface area contributed by atoms with Gasteiger partial charge in [-0.15, -0.1) is 0 Å². The summed E-state index contributed by atoms with van der Waals surface area (Å²) in [5.41, 5.74) is 0. The van der Waals surface area contributed by atoms with Crippen LogP contribution in [0.25, 0.3) is 0 Å². The fourth-order valence-electron chi connectivity index (χ4n) is 0.181. The number of rotatable bonds is 2. The lowest BCUT2D eigenvalue weighted by Gasteiger charge is -1.86. The summed E-state index contributed by atoms with van der Waals surface area (Å²) in [5.74, 6) is 0. The zero-order valence-electron chi connectivity index (χ0n) is 5.89. The molecule has 0 aromatic rings. The van der Waals surface area contributed by atoms with Gasteiger partial charge in [0.1, 0.15) is 0 Å². The van der Waals surface area contributed by atoms with Gasteiger partial charge in [-0.2, -0.15) is 0 Å². The SMILES string of the molecule is BrC1CC1.CO[SiH2]OC. The van der Waals surface area contributed by atoms with Crippen LogP contribution >= 0.6 is 15.9 Å². The highest BCUT2D eigenvalue weighted by Gasteiger charge is 2.15. The Hall–Kier alpha value is 0.617. The van der Waals surface area contributed by atoms with Crippen LogP contribution in [0.1, 0.15) is 12.8 Å². The number of alkyl halides is 1. The van der Waals surface area contributed by atoms with Crippen LogP contribution in [0, 0.1) is 0 Å². The van der Waals surface area contributed by atoms with Crippen molar-refractivity contribution in [3.8, 4) is 0 Å². The van der Waals surface area contributed by atoms with E-state index < -0.39 is 10.0 Å². The summed E-state index contributed by atoms with van der Waals surface area (Å²) >= 11 is 3.38. The van der Waals surface area contributed by atoms with E-state index in [0.717, 1.165) is 4.83 Å². The van der Waals surface area contributed by atoms with E-state index in [1.165, 1.54) is 12.8 Å². The maximum Gasteiger partial charge on any atom is 0.303 e. The third-order valence-electron chi connectivity index (χ3n) is 0.743. The van der Waals surface area contributed by atoms with Crippen LogP contribution in [0.2, 0.25) is 0 Å². The first-order chi connectivity index (χ1) is 4.31. The molecule has 0 aromatic heterocycles. The minimum atomic E-state index is -0.568. The lowest BCUT2D eigenvalue weighted by Crippen LogP contribution is -1.93. The van der Waals surface area contributed by atoms with Crippen molar-refractivity contribution in [1.29, 1.82) is 0 Å². The van der Waals surface area contributed by atoms with Gasteiger partial charge in [-0.25, -0.2) is 0 Å². The van der Waals surface area contributed by atoms with Gasteiger partial charge in [-0.3, -0.25) is 0 Å². The van der Waals surface area contributed by atoms with E-state index in [1.54, 1.807) is 14.2 Å². The average molecular weight is 213 g/mol. The second-order valence-corrected chi connectivity index (χ2v) is 4.56. The molecule has 0 unspecified atom stereocenters. The summed E-state index contributed by atoms with van der Waals surface area (Å²) in [5, 5.41) is 0. The topological polar surface area (TPSA) is 18.5 Å². The third-order valence-corrected chi connectivity index (χ3v) is 2.13. The van der Waals surface area contributed by atoms with Crippen molar-refractivity contribution >= 4 is 25.9 Å². The molecule has 0 spiro atoms. The molecule has 1 saturated carbocycles. The molecular formula is C5H13BrO2Si. The second kappa shape index (κ2) is 6.73. The Morgan fingerprint density at radius 3 is 1.67 bits per heavy atom. The zero-order chi connectivity index (χ0) is 7.11.